The molecule has 0 heterocycles. The van der Waals surface area contributed by atoms with E-state index < -0.39 is 0 Å². The normalized spacial score (nSPS) is 10.6. The molecular weight excluding hydrogens is 446 g/mol. The van der Waals surface area contributed by atoms with Crippen LogP contribution in [0.1, 0.15) is 28.4 Å². The molecule has 0 radical (unpaired) electrons. The standard InChI is InChI=1S/C23H20BrN3O3/c1-16(28)26-21-12-8-18(9-13-21)23(29)27-25-14-19-4-2-3-5-22(19)30-15-17-6-10-20(24)11-7-17/h2-14H,15H2,1H3,(H,26,28)(H,27,29)/b25-14-. The Kier molecular flexibility index (Phi) is 7.34. The molecule has 0 bridgehead atoms. The van der Waals surface area contributed by atoms with Crippen LogP contribution in [0.15, 0.2) is 82.4 Å². The highest BCUT2D eigenvalue weighted by Crippen LogP contribution is 2.18. The van der Waals surface area contributed by atoms with E-state index in [-0.39, 0.29) is 11.8 Å². The number of nitrogens with zero attached hydrogens (tertiary/aromatic N) is 1. The van der Waals surface area contributed by atoms with Gasteiger partial charge < -0.3 is 10.1 Å². The van der Waals surface area contributed by atoms with Crippen LogP contribution in [-0.4, -0.2) is 18.0 Å². The van der Waals surface area contributed by atoms with Gasteiger partial charge in [-0.3, -0.25) is 9.59 Å². The van der Waals surface area contributed by atoms with Gasteiger partial charge in [0.05, 0.1) is 6.21 Å². The van der Waals surface area contributed by atoms with Crippen molar-refractivity contribution < 1.29 is 14.3 Å². The van der Waals surface area contributed by atoms with Crippen molar-refractivity contribution in [2.45, 2.75) is 13.5 Å². The molecule has 3 rings (SSSR count). The number of benzene rings is 3. The van der Waals surface area contributed by atoms with Gasteiger partial charge in [0, 0.05) is 28.2 Å². The molecule has 30 heavy (non-hydrogen) atoms. The summed E-state index contributed by atoms with van der Waals surface area (Å²) in [5.74, 6) is 0.143. The summed E-state index contributed by atoms with van der Waals surface area (Å²) in [6.45, 7) is 1.85. The van der Waals surface area contributed by atoms with Crippen LogP contribution in [-0.2, 0) is 11.4 Å². The predicted molar refractivity (Wildman–Crippen MR) is 121 cm³/mol. The van der Waals surface area contributed by atoms with Gasteiger partial charge in [0.25, 0.3) is 5.91 Å². The number of carbonyl (C=O) groups excluding carboxylic acids is 2. The lowest BCUT2D eigenvalue weighted by molar-refractivity contribution is -0.114. The zero-order valence-corrected chi connectivity index (χ0v) is 17.8. The molecule has 0 saturated carbocycles. The number of amides is 2. The molecule has 0 aliphatic carbocycles. The van der Waals surface area contributed by atoms with E-state index in [9.17, 15) is 9.59 Å². The molecule has 2 N–H and O–H groups in total. The quantitative estimate of drug-likeness (QED) is 0.390. The van der Waals surface area contributed by atoms with Gasteiger partial charge in [-0.15, -0.1) is 0 Å². The second-order valence-electron chi connectivity index (χ2n) is 6.41. The zero-order chi connectivity index (χ0) is 21.3. The van der Waals surface area contributed by atoms with Crippen molar-refractivity contribution >= 4 is 39.6 Å². The van der Waals surface area contributed by atoms with E-state index in [2.05, 4.69) is 31.8 Å². The monoisotopic (exact) mass is 465 g/mol. The minimum atomic E-state index is -0.353. The van der Waals surface area contributed by atoms with Crippen molar-refractivity contribution in [2.24, 2.45) is 5.10 Å². The van der Waals surface area contributed by atoms with Crippen molar-refractivity contribution in [2.75, 3.05) is 5.32 Å². The maximum Gasteiger partial charge on any atom is 0.271 e. The predicted octanol–water partition coefficient (Wildman–Crippen LogP) is 4.75. The number of halogens is 1. The highest BCUT2D eigenvalue weighted by Gasteiger charge is 2.05. The Morgan fingerprint density at radius 2 is 1.70 bits per heavy atom. The fourth-order valence-corrected chi connectivity index (χ4v) is 2.86. The van der Waals surface area contributed by atoms with Gasteiger partial charge in [-0.2, -0.15) is 5.10 Å². The van der Waals surface area contributed by atoms with Crippen LogP contribution in [0.2, 0.25) is 0 Å². The lowest BCUT2D eigenvalue weighted by atomic mass is 10.2. The topological polar surface area (TPSA) is 79.8 Å². The molecule has 152 valence electrons. The maximum absolute atomic E-state index is 12.2. The summed E-state index contributed by atoms with van der Waals surface area (Å²) in [4.78, 5) is 23.3. The summed E-state index contributed by atoms with van der Waals surface area (Å²) in [7, 11) is 0. The molecule has 0 saturated heterocycles. The number of anilines is 1. The molecule has 3 aromatic carbocycles. The van der Waals surface area contributed by atoms with Gasteiger partial charge in [-0.25, -0.2) is 5.43 Å². The van der Waals surface area contributed by atoms with Crippen molar-refractivity contribution in [3.05, 3.63) is 94.0 Å². The number of para-hydroxylation sites is 1. The molecule has 3 aromatic rings. The molecule has 7 heteroatoms. The van der Waals surface area contributed by atoms with Crippen molar-refractivity contribution in [3.63, 3.8) is 0 Å². The molecule has 0 unspecified atom stereocenters. The summed E-state index contributed by atoms with van der Waals surface area (Å²) >= 11 is 3.41. The molecule has 6 nitrogen and oxygen atoms in total. The Hall–Kier alpha value is -3.45. The van der Waals surface area contributed by atoms with Crippen molar-refractivity contribution in [3.8, 4) is 5.75 Å². The van der Waals surface area contributed by atoms with Crippen molar-refractivity contribution in [1.29, 1.82) is 0 Å². The molecule has 0 aromatic heterocycles. The van der Waals surface area contributed by atoms with E-state index in [4.69, 9.17) is 4.74 Å². The fourth-order valence-electron chi connectivity index (χ4n) is 2.59. The minimum Gasteiger partial charge on any atom is -0.488 e. The number of hydrogen-bond acceptors (Lipinski definition) is 4. The SMILES string of the molecule is CC(=O)Nc1ccc(C(=O)N/N=C\c2ccccc2OCc2ccc(Br)cc2)cc1. The van der Waals surface area contributed by atoms with Crippen molar-refractivity contribution in [1.82, 2.24) is 5.43 Å². The first kappa shape index (κ1) is 21.3. The number of rotatable bonds is 7. The third-order valence-electron chi connectivity index (χ3n) is 4.06. The Bertz CT molecular complexity index is 1050. The summed E-state index contributed by atoms with van der Waals surface area (Å²) in [5, 5.41) is 6.69. The Morgan fingerprint density at radius 3 is 2.40 bits per heavy atom. The van der Waals surface area contributed by atoms with E-state index in [1.54, 1.807) is 30.5 Å². The Labute approximate surface area is 183 Å². The number of hydrazone groups is 1. The number of carbonyl (C=O) groups is 2. The second kappa shape index (κ2) is 10.4. The third kappa shape index (κ3) is 6.28. The third-order valence-corrected chi connectivity index (χ3v) is 4.59. The van der Waals surface area contributed by atoms with Crippen LogP contribution >= 0.6 is 15.9 Å². The van der Waals surface area contributed by atoms with Crippen LogP contribution in [0, 0.1) is 0 Å². The van der Waals surface area contributed by atoms with E-state index in [1.165, 1.54) is 6.92 Å². The summed E-state index contributed by atoms with van der Waals surface area (Å²) < 4.78 is 6.91. The largest absolute Gasteiger partial charge is 0.488 e. The van der Waals surface area contributed by atoms with Gasteiger partial charge in [-0.1, -0.05) is 40.2 Å². The second-order valence-corrected chi connectivity index (χ2v) is 7.33. The first-order valence-electron chi connectivity index (χ1n) is 9.18. The van der Waals surface area contributed by atoms with E-state index in [0.29, 0.717) is 23.6 Å². The van der Waals surface area contributed by atoms with Crippen LogP contribution < -0.4 is 15.5 Å². The fraction of sp³-hybridized carbons (Fsp3) is 0.0870. The van der Waals surface area contributed by atoms with E-state index in [1.807, 2.05) is 48.5 Å². The summed E-state index contributed by atoms with van der Waals surface area (Å²) in [5.41, 5.74) is 5.34. The first-order chi connectivity index (χ1) is 14.5. The highest BCUT2D eigenvalue weighted by atomic mass is 79.9. The molecule has 0 fully saturated rings. The number of ether oxygens (including phenoxy) is 1. The van der Waals surface area contributed by atoms with Crippen LogP contribution in [0.5, 0.6) is 5.75 Å². The smallest absolute Gasteiger partial charge is 0.271 e. The minimum absolute atomic E-state index is 0.169. The molecule has 0 atom stereocenters. The molecule has 0 aliphatic heterocycles. The van der Waals surface area contributed by atoms with Crippen LogP contribution in [0.3, 0.4) is 0 Å². The van der Waals surface area contributed by atoms with E-state index >= 15 is 0 Å². The van der Waals surface area contributed by atoms with Gasteiger partial charge in [0.1, 0.15) is 12.4 Å². The zero-order valence-electron chi connectivity index (χ0n) is 16.3. The summed E-state index contributed by atoms with van der Waals surface area (Å²) in [6, 6.07) is 21.9. The van der Waals surface area contributed by atoms with Gasteiger partial charge in [-0.05, 0) is 54.1 Å². The Balaban J connectivity index is 1.59. The number of nitrogens with one attached hydrogen (secondary N) is 2. The van der Waals surface area contributed by atoms with Gasteiger partial charge in [0.2, 0.25) is 5.91 Å². The molecule has 0 spiro atoms. The van der Waals surface area contributed by atoms with Crippen LogP contribution in [0.25, 0.3) is 0 Å². The highest BCUT2D eigenvalue weighted by molar-refractivity contribution is 9.10. The van der Waals surface area contributed by atoms with Gasteiger partial charge in [0.15, 0.2) is 0 Å². The molecule has 2 amide bonds. The molecule has 0 aliphatic rings. The maximum atomic E-state index is 12.2. The number of hydrogen-bond donors (Lipinski definition) is 2. The average molecular weight is 466 g/mol. The Morgan fingerprint density at radius 1 is 1.00 bits per heavy atom. The van der Waals surface area contributed by atoms with Crippen LogP contribution in [0.4, 0.5) is 5.69 Å². The molecular formula is C23H20BrN3O3. The van der Waals surface area contributed by atoms with Gasteiger partial charge >= 0.3 is 0 Å². The first-order valence-corrected chi connectivity index (χ1v) is 9.98. The summed E-state index contributed by atoms with van der Waals surface area (Å²) in [6.07, 6.45) is 1.54. The van der Waals surface area contributed by atoms with E-state index in [0.717, 1.165) is 15.6 Å². The average Bonchev–Trinajstić information content (AvgIpc) is 2.74. The lowest BCUT2D eigenvalue weighted by Crippen LogP contribution is -2.17. The lowest BCUT2D eigenvalue weighted by Gasteiger charge is -2.09.